The van der Waals surface area contributed by atoms with Crippen molar-refractivity contribution in [3.8, 4) is 0 Å². The smallest absolute Gasteiger partial charge is 0.224 e. The number of nitrogens with one attached hydrogen (secondary N) is 1. The molecule has 88 valence electrons. The molecule has 0 aliphatic carbocycles. The van der Waals surface area contributed by atoms with Crippen molar-refractivity contribution in [1.82, 2.24) is 5.32 Å². The van der Waals surface area contributed by atoms with Crippen LogP contribution in [0.1, 0.15) is 12.0 Å². The minimum atomic E-state index is -0.0384. The summed E-state index contributed by atoms with van der Waals surface area (Å²) in [6.07, 6.45) is 1.08. The fourth-order valence-corrected chi connectivity index (χ4v) is 1.65. The van der Waals surface area contributed by atoms with Crippen LogP contribution in [0.2, 0.25) is 10.0 Å². The van der Waals surface area contributed by atoms with Crippen LogP contribution in [0.5, 0.6) is 0 Å². The summed E-state index contributed by atoms with van der Waals surface area (Å²) in [6.45, 7) is 0.601. The van der Waals surface area contributed by atoms with Gasteiger partial charge in [0.05, 0.1) is 16.5 Å². The zero-order valence-electron chi connectivity index (χ0n) is 8.60. The maximum Gasteiger partial charge on any atom is 0.224 e. The molecule has 0 bridgehead atoms. The zero-order valence-corrected chi connectivity index (χ0v) is 10.9. The van der Waals surface area contributed by atoms with Gasteiger partial charge in [-0.3, -0.25) is 4.79 Å². The van der Waals surface area contributed by atoms with Gasteiger partial charge in [-0.1, -0.05) is 29.3 Å². The highest BCUT2D eigenvalue weighted by atomic mass is 35.5. The first-order valence-electron chi connectivity index (χ1n) is 4.90. The first kappa shape index (κ1) is 13.6. The largest absolute Gasteiger partial charge is 0.356 e. The molecule has 0 aromatic heterocycles. The summed E-state index contributed by atoms with van der Waals surface area (Å²) in [5.41, 5.74) is 0.845. The molecule has 0 atom stereocenters. The summed E-state index contributed by atoms with van der Waals surface area (Å²) in [5, 5.41) is 3.73. The fourth-order valence-electron chi connectivity index (χ4n) is 1.19. The Labute approximate surface area is 110 Å². The van der Waals surface area contributed by atoms with Crippen molar-refractivity contribution < 1.29 is 4.79 Å². The van der Waals surface area contributed by atoms with E-state index in [9.17, 15) is 4.79 Å². The molecule has 0 saturated carbocycles. The Bertz CT molecular complexity index is 368. The predicted molar refractivity (Wildman–Crippen MR) is 68.5 cm³/mol. The molecular formula is C11H12Cl3NO. The lowest BCUT2D eigenvalue weighted by molar-refractivity contribution is -0.120. The van der Waals surface area contributed by atoms with Gasteiger partial charge in [0.25, 0.3) is 0 Å². The van der Waals surface area contributed by atoms with Crippen LogP contribution in [0, 0.1) is 0 Å². The molecule has 5 heteroatoms. The number of carbonyl (C=O) groups is 1. The average Bonchev–Trinajstić information content (AvgIpc) is 2.24. The maximum atomic E-state index is 11.5. The number of hydrogen-bond donors (Lipinski definition) is 1. The summed E-state index contributed by atoms with van der Waals surface area (Å²) in [6, 6.07) is 5.17. The number of carbonyl (C=O) groups excluding carboxylic acids is 1. The summed E-state index contributed by atoms with van der Waals surface area (Å²) in [4.78, 5) is 11.5. The molecule has 0 unspecified atom stereocenters. The molecule has 0 spiro atoms. The Morgan fingerprint density at radius 3 is 2.62 bits per heavy atom. The topological polar surface area (TPSA) is 29.1 Å². The molecule has 0 aliphatic heterocycles. The quantitative estimate of drug-likeness (QED) is 0.651. The van der Waals surface area contributed by atoms with E-state index < -0.39 is 0 Å². The number of alkyl halides is 1. The highest BCUT2D eigenvalue weighted by Gasteiger charge is 2.04. The lowest BCUT2D eigenvalue weighted by Gasteiger charge is -2.05. The number of hydrogen-bond acceptors (Lipinski definition) is 1. The summed E-state index contributed by atoms with van der Waals surface area (Å²) < 4.78 is 0. The predicted octanol–water partition coefficient (Wildman–Crippen LogP) is 3.28. The second-order valence-corrected chi connectivity index (χ2v) is 4.51. The average molecular weight is 281 g/mol. The van der Waals surface area contributed by atoms with E-state index in [4.69, 9.17) is 34.8 Å². The van der Waals surface area contributed by atoms with E-state index in [1.165, 1.54) is 0 Å². The molecule has 0 aliphatic rings. The van der Waals surface area contributed by atoms with E-state index in [0.29, 0.717) is 28.9 Å². The molecule has 1 N–H and O–H groups in total. The Morgan fingerprint density at radius 2 is 2.00 bits per heavy atom. The van der Waals surface area contributed by atoms with Gasteiger partial charge < -0.3 is 5.32 Å². The first-order chi connectivity index (χ1) is 7.63. The van der Waals surface area contributed by atoms with Crippen LogP contribution in [0.25, 0.3) is 0 Å². The minimum absolute atomic E-state index is 0.0384. The normalized spacial score (nSPS) is 10.2. The molecule has 0 heterocycles. The van der Waals surface area contributed by atoms with E-state index >= 15 is 0 Å². The summed E-state index contributed by atoms with van der Waals surface area (Å²) >= 11 is 17.1. The number of amides is 1. The molecule has 1 aromatic rings. The minimum Gasteiger partial charge on any atom is -0.356 e. The van der Waals surface area contributed by atoms with Crippen molar-refractivity contribution in [3.63, 3.8) is 0 Å². The lowest BCUT2D eigenvalue weighted by atomic mass is 10.1. The monoisotopic (exact) mass is 279 g/mol. The summed E-state index contributed by atoms with van der Waals surface area (Å²) in [7, 11) is 0. The molecule has 1 aromatic carbocycles. The zero-order chi connectivity index (χ0) is 12.0. The fraction of sp³-hybridized carbons (Fsp3) is 0.364. The van der Waals surface area contributed by atoms with Crippen LogP contribution in [0.4, 0.5) is 0 Å². The van der Waals surface area contributed by atoms with Gasteiger partial charge in [-0.2, -0.15) is 0 Å². The van der Waals surface area contributed by atoms with Gasteiger partial charge in [0.2, 0.25) is 5.91 Å². The van der Waals surface area contributed by atoms with Gasteiger partial charge >= 0.3 is 0 Å². The van der Waals surface area contributed by atoms with Gasteiger partial charge in [-0.25, -0.2) is 0 Å². The third kappa shape index (κ3) is 4.60. The Kier molecular flexibility index (Phi) is 5.96. The van der Waals surface area contributed by atoms with E-state index in [0.717, 1.165) is 12.0 Å². The van der Waals surface area contributed by atoms with Crippen molar-refractivity contribution in [1.29, 1.82) is 0 Å². The van der Waals surface area contributed by atoms with Gasteiger partial charge in [0.15, 0.2) is 0 Å². The van der Waals surface area contributed by atoms with Crippen LogP contribution in [0.15, 0.2) is 18.2 Å². The Balaban J connectivity index is 2.46. The molecule has 1 amide bonds. The van der Waals surface area contributed by atoms with Crippen molar-refractivity contribution in [2.75, 3.05) is 12.4 Å². The molecule has 1 rings (SSSR count). The van der Waals surface area contributed by atoms with E-state index in [-0.39, 0.29) is 5.91 Å². The van der Waals surface area contributed by atoms with E-state index in [1.54, 1.807) is 18.2 Å². The molecule has 0 fully saturated rings. The Morgan fingerprint density at radius 1 is 1.25 bits per heavy atom. The second-order valence-electron chi connectivity index (χ2n) is 3.32. The highest BCUT2D eigenvalue weighted by molar-refractivity contribution is 6.42. The van der Waals surface area contributed by atoms with E-state index in [1.807, 2.05) is 0 Å². The maximum absolute atomic E-state index is 11.5. The second kappa shape index (κ2) is 7.00. The van der Waals surface area contributed by atoms with Crippen LogP contribution in [-0.4, -0.2) is 18.3 Å². The van der Waals surface area contributed by atoms with Gasteiger partial charge in [-0.05, 0) is 24.1 Å². The standard InChI is InChI=1S/C11H12Cl3NO/c12-4-1-5-15-11(16)7-8-2-3-9(13)10(14)6-8/h2-3,6H,1,4-5,7H2,(H,15,16). The van der Waals surface area contributed by atoms with E-state index in [2.05, 4.69) is 5.32 Å². The Hall–Kier alpha value is -0.440. The van der Waals surface area contributed by atoms with Crippen molar-refractivity contribution in [2.24, 2.45) is 0 Å². The third-order valence-electron chi connectivity index (χ3n) is 1.98. The van der Waals surface area contributed by atoms with Crippen molar-refractivity contribution in [2.45, 2.75) is 12.8 Å². The number of halogens is 3. The highest BCUT2D eigenvalue weighted by Crippen LogP contribution is 2.22. The molecular weight excluding hydrogens is 268 g/mol. The third-order valence-corrected chi connectivity index (χ3v) is 2.99. The van der Waals surface area contributed by atoms with Crippen molar-refractivity contribution in [3.05, 3.63) is 33.8 Å². The molecule has 0 saturated heterocycles. The number of rotatable bonds is 5. The SMILES string of the molecule is O=C(Cc1ccc(Cl)c(Cl)c1)NCCCCl. The van der Waals surface area contributed by atoms with Crippen molar-refractivity contribution >= 4 is 40.7 Å². The molecule has 0 radical (unpaired) electrons. The van der Waals surface area contributed by atoms with Crippen LogP contribution in [0.3, 0.4) is 0 Å². The lowest BCUT2D eigenvalue weighted by Crippen LogP contribution is -2.26. The molecule has 16 heavy (non-hydrogen) atoms. The van der Waals surface area contributed by atoms with Gasteiger partial charge in [-0.15, -0.1) is 11.6 Å². The van der Waals surface area contributed by atoms with Crippen LogP contribution in [-0.2, 0) is 11.2 Å². The van der Waals surface area contributed by atoms with Crippen LogP contribution < -0.4 is 5.32 Å². The van der Waals surface area contributed by atoms with Crippen LogP contribution >= 0.6 is 34.8 Å². The first-order valence-corrected chi connectivity index (χ1v) is 6.19. The van der Waals surface area contributed by atoms with Gasteiger partial charge in [0, 0.05) is 12.4 Å². The van der Waals surface area contributed by atoms with Gasteiger partial charge in [0.1, 0.15) is 0 Å². The number of benzene rings is 1. The summed E-state index contributed by atoms with van der Waals surface area (Å²) in [5.74, 6) is 0.510. The molecule has 2 nitrogen and oxygen atoms in total.